The van der Waals surface area contributed by atoms with Crippen LogP contribution < -0.4 is 5.73 Å². The molecule has 0 atom stereocenters. The Morgan fingerprint density at radius 2 is 1.83 bits per heavy atom. The normalized spacial score (nSPS) is 10.1. The molecule has 0 aliphatic heterocycles. The lowest BCUT2D eigenvalue weighted by molar-refractivity contribution is 0.0740. The van der Waals surface area contributed by atoms with Gasteiger partial charge < -0.3 is 10.6 Å². The molecule has 2 aromatic carbocycles. The first kappa shape index (κ1) is 20.5. The molecule has 2 rings (SSSR count). The molecule has 0 spiro atoms. The third kappa shape index (κ3) is 5.82. The smallest absolute Gasteiger partial charge is 0.254 e. The van der Waals surface area contributed by atoms with Crippen molar-refractivity contribution in [3.05, 3.63) is 70.2 Å². The van der Waals surface area contributed by atoms with Gasteiger partial charge in [0, 0.05) is 30.2 Å². The molecule has 1 amide bonds. The molecule has 3 nitrogen and oxygen atoms in total. The van der Waals surface area contributed by atoms with Crippen molar-refractivity contribution in [3.63, 3.8) is 0 Å². The van der Waals surface area contributed by atoms with Crippen LogP contribution in [0.2, 0.25) is 5.02 Å². The van der Waals surface area contributed by atoms with E-state index in [1.807, 2.05) is 53.4 Å². The number of nitrogens with zero attached hydrogens (tertiary/aromatic N) is 1. The zero-order valence-electron chi connectivity index (χ0n) is 13.9. The van der Waals surface area contributed by atoms with Crippen molar-refractivity contribution in [3.8, 4) is 0 Å². The minimum Gasteiger partial charge on any atom is -0.334 e. The van der Waals surface area contributed by atoms with Crippen molar-refractivity contribution < 1.29 is 4.79 Å². The van der Waals surface area contributed by atoms with Crippen LogP contribution in [-0.4, -0.2) is 17.4 Å². The van der Waals surface area contributed by atoms with E-state index in [9.17, 15) is 4.79 Å². The van der Waals surface area contributed by atoms with Crippen LogP contribution in [0.5, 0.6) is 0 Å². The molecular weight excluding hydrogens is 343 g/mol. The summed E-state index contributed by atoms with van der Waals surface area (Å²) in [5, 5.41) is 0.690. The molecule has 0 radical (unpaired) electrons. The minimum absolute atomic E-state index is 0. The lowest BCUT2D eigenvalue weighted by Gasteiger charge is -2.23. The zero-order valence-corrected chi connectivity index (χ0v) is 15.4. The summed E-state index contributed by atoms with van der Waals surface area (Å²) in [6.07, 6.45) is 2.02. The molecule has 0 bridgehead atoms. The van der Waals surface area contributed by atoms with Gasteiger partial charge in [0.1, 0.15) is 0 Å². The topological polar surface area (TPSA) is 46.3 Å². The summed E-state index contributed by atoms with van der Waals surface area (Å²) in [7, 11) is 0. The van der Waals surface area contributed by atoms with Crippen molar-refractivity contribution in [1.29, 1.82) is 0 Å². The van der Waals surface area contributed by atoms with Gasteiger partial charge in [0.25, 0.3) is 5.91 Å². The first-order chi connectivity index (χ1) is 11.1. The number of carbonyl (C=O) groups excluding carboxylic acids is 1. The van der Waals surface area contributed by atoms with Gasteiger partial charge in [-0.25, -0.2) is 0 Å². The summed E-state index contributed by atoms with van der Waals surface area (Å²) in [6.45, 7) is 3.85. The predicted molar refractivity (Wildman–Crippen MR) is 103 cm³/mol. The number of hydrogen-bond acceptors (Lipinski definition) is 2. The number of rotatable bonds is 7. The van der Waals surface area contributed by atoms with Crippen LogP contribution >= 0.6 is 24.0 Å². The molecule has 0 fully saturated rings. The van der Waals surface area contributed by atoms with E-state index in [0.29, 0.717) is 23.7 Å². The first-order valence-corrected chi connectivity index (χ1v) is 8.34. The van der Waals surface area contributed by atoms with Crippen molar-refractivity contribution in [2.75, 3.05) is 6.54 Å². The highest BCUT2D eigenvalue weighted by Gasteiger charge is 2.16. The molecule has 0 aromatic heterocycles. The largest absolute Gasteiger partial charge is 0.334 e. The molecule has 2 aromatic rings. The first-order valence-electron chi connectivity index (χ1n) is 7.96. The number of carbonyl (C=O) groups is 1. The molecular formula is C19H24Cl2N2O. The number of hydrogen-bond donors (Lipinski definition) is 1. The predicted octanol–water partition coefficient (Wildman–Crippen LogP) is 4.66. The maximum atomic E-state index is 12.9. The second-order valence-corrected chi connectivity index (χ2v) is 6.05. The fourth-order valence-corrected chi connectivity index (χ4v) is 2.68. The Morgan fingerprint density at radius 3 is 2.50 bits per heavy atom. The Labute approximate surface area is 155 Å². The molecule has 0 heterocycles. The van der Waals surface area contributed by atoms with Gasteiger partial charge in [0.2, 0.25) is 0 Å². The number of halogens is 2. The number of amides is 1. The number of unbranched alkanes of at least 4 members (excludes halogenated alkanes) is 1. The van der Waals surface area contributed by atoms with Crippen molar-refractivity contribution in [2.24, 2.45) is 5.73 Å². The summed E-state index contributed by atoms with van der Waals surface area (Å²) in [5.41, 5.74) is 8.37. The lowest BCUT2D eigenvalue weighted by Crippen LogP contribution is -2.31. The van der Waals surface area contributed by atoms with Crippen LogP contribution in [0.1, 0.15) is 41.3 Å². The van der Waals surface area contributed by atoms with Gasteiger partial charge in [-0.3, -0.25) is 4.79 Å². The molecule has 2 N–H and O–H groups in total. The summed E-state index contributed by atoms with van der Waals surface area (Å²) >= 11 is 6.05. The maximum Gasteiger partial charge on any atom is 0.254 e. The van der Waals surface area contributed by atoms with Gasteiger partial charge in [0.05, 0.1) is 0 Å². The van der Waals surface area contributed by atoms with Crippen molar-refractivity contribution >= 4 is 29.9 Å². The van der Waals surface area contributed by atoms with Gasteiger partial charge in [0.15, 0.2) is 0 Å². The van der Waals surface area contributed by atoms with Gasteiger partial charge in [-0.2, -0.15) is 0 Å². The van der Waals surface area contributed by atoms with Gasteiger partial charge in [-0.05, 0) is 41.8 Å². The maximum absolute atomic E-state index is 12.9. The van der Waals surface area contributed by atoms with E-state index in [1.165, 1.54) is 0 Å². The Hall–Kier alpha value is -1.55. The van der Waals surface area contributed by atoms with Crippen molar-refractivity contribution in [1.82, 2.24) is 4.90 Å². The van der Waals surface area contributed by atoms with Crippen LogP contribution in [0.4, 0.5) is 0 Å². The van der Waals surface area contributed by atoms with Crippen LogP contribution in [0.15, 0.2) is 48.5 Å². The summed E-state index contributed by atoms with van der Waals surface area (Å²) in [4.78, 5) is 14.7. The summed E-state index contributed by atoms with van der Waals surface area (Å²) in [6, 6.07) is 15.2. The quantitative estimate of drug-likeness (QED) is 0.774. The second kappa shape index (κ2) is 10.3. The average molecular weight is 367 g/mol. The Kier molecular flexibility index (Phi) is 8.83. The molecule has 0 aliphatic carbocycles. The monoisotopic (exact) mass is 366 g/mol. The van der Waals surface area contributed by atoms with Gasteiger partial charge in [-0.15, -0.1) is 12.4 Å². The van der Waals surface area contributed by atoms with Crippen molar-refractivity contribution in [2.45, 2.75) is 32.9 Å². The summed E-state index contributed by atoms with van der Waals surface area (Å²) in [5.74, 6) is 0.0359. The van der Waals surface area contributed by atoms with E-state index in [1.54, 1.807) is 0 Å². The molecule has 130 valence electrons. The number of nitrogens with two attached hydrogens (primary N) is 1. The van der Waals surface area contributed by atoms with Gasteiger partial charge in [-0.1, -0.05) is 49.2 Å². The third-order valence-electron chi connectivity index (χ3n) is 3.74. The Bertz CT molecular complexity index is 661. The standard InChI is InChI=1S/C19H23ClN2O.ClH/c1-2-3-10-22(14-16-7-5-9-18(20)12-16)19(23)17-8-4-6-15(11-17)13-21;/h4-9,11-12H,2-3,10,13-14,21H2,1H3;1H. The zero-order chi connectivity index (χ0) is 16.7. The molecule has 0 saturated heterocycles. The van der Waals surface area contributed by atoms with Crippen LogP contribution in [0, 0.1) is 0 Å². The molecule has 0 aliphatic rings. The van der Waals surface area contributed by atoms with E-state index in [0.717, 1.165) is 30.5 Å². The highest BCUT2D eigenvalue weighted by molar-refractivity contribution is 6.30. The van der Waals surface area contributed by atoms with Crippen LogP contribution in [0.25, 0.3) is 0 Å². The van der Waals surface area contributed by atoms with E-state index in [4.69, 9.17) is 17.3 Å². The lowest BCUT2D eigenvalue weighted by atomic mass is 10.1. The second-order valence-electron chi connectivity index (χ2n) is 5.61. The molecule has 0 saturated carbocycles. The van der Waals surface area contributed by atoms with E-state index >= 15 is 0 Å². The highest BCUT2D eigenvalue weighted by atomic mass is 35.5. The highest BCUT2D eigenvalue weighted by Crippen LogP contribution is 2.16. The fourth-order valence-electron chi connectivity index (χ4n) is 2.47. The van der Waals surface area contributed by atoms with E-state index in [2.05, 4.69) is 6.92 Å². The summed E-state index contributed by atoms with van der Waals surface area (Å²) < 4.78 is 0. The average Bonchev–Trinajstić information content (AvgIpc) is 2.58. The van der Waals surface area contributed by atoms with E-state index in [-0.39, 0.29) is 18.3 Å². The molecule has 0 unspecified atom stereocenters. The minimum atomic E-state index is 0. The third-order valence-corrected chi connectivity index (χ3v) is 3.98. The number of benzene rings is 2. The van der Waals surface area contributed by atoms with Crippen LogP contribution in [0.3, 0.4) is 0 Å². The Morgan fingerprint density at radius 1 is 1.12 bits per heavy atom. The van der Waals surface area contributed by atoms with Gasteiger partial charge >= 0.3 is 0 Å². The molecule has 24 heavy (non-hydrogen) atoms. The molecule has 5 heteroatoms. The SMILES string of the molecule is CCCCN(Cc1cccc(Cl)c1)C(=O)c1cccc(CN)c1.Cl. The van der Waals surface area contributed by atoms with Crippen LogP contribution in [-0.2, 0) is 13.1 Å². The van der Waals surface area contributed by atoms with E-state index < -0.39 is 0 Å². The Balaban J connectivity index is 0.00000288. The fraction of sp³-hybridized carbons (Fsp3) is 0.316.